The Morgan fingerprint density at radius 1 is 1.11 bits per heavy atom. The van der Waals surface area contributed by atoms with Crippen molar-refractivity contribution in [3.05, 3.63) is 59.7 Å². The number of rotatable bonds is 2. The molecule has 2 aromatic carbocycles. The summed E-state index contributed by atoms with van der Waals surface area (Å²) in [5.74, 6) is 0.547. The van der Waals surface area contributed by atoms with E-state index in [-0.39, 0.29) is 11.8 Å². The number of benzene rings is 2. The standard InChI is InChI=1S/C15H13NO2/c1-18-11-6-4-5-10(9-11)14-12-7-2-3-8-13(12)16-15(14)17/h2-9,14H,1H3,(H,16,17). The van der Waals surface area contributed by atoms with Crippen molar-refractivity contribution >= 4 is 11.6 Å². The first-order valence-corrected chi connectivity index (χ1v) is 5.83. The second-order valence-electron chi connectivity index (χ2n) is 4.29. The van der Waals surface area contributed by atoms with Crippen LogP contribution in [0, 0.1) is 0 Å². The summed E-state index contributed by atoms with van der Waals surface area (Å²) in [5, 5.41) is 2.90. The number of carbonyl (C=O) groups is 1. The monoisotopic (exact) mass is 239 g/mol. The summed E-state index contributed by atoms with van der Waals surface area (Å²) in [6.07, 6.45) is 0. The molecule has 0 saturated carbocycles. The third kappa shape index (κ3) is 1.64. The molecule has 1 unspecified atom stereocenters. The summed E-state index contributed by atoms with van der Waals surface area (Å²) in [6, 6.07) is 15.4. The lowest BCUT2D eigenvalue weighted by atomic mass is 9.92. The van der Waals surface area contributed by atoms with Crippen LogP contribution in [0.4, 0.5) is 5.69 Å². The number of amides is 1. The summed E-state index contributed by atoms with van der Waals surface area (Å²) in [7, 11) is 1.63. The van der Waals surface area contributed by atoms with Crippen molar-refractivity contribution in [3.63, 3.8) is 0 Å². The highest BCUT2D eigenvalue weighted by Crippen LogP contribution is 2.37. The van der Waals surface area contributed by atoms with Crippen molar-refractivity contribution in [2.24, 2.45) is 0 Å². The molecule has 0 spiro atoms. The molecule has 0 fully saturated rings. The summed E-state index contributed by atoms with van der Waals surface area (Å²) in [6.45, 7) is 0. The summed E-state index contributed by atoms with van der Waals surface area (Å²) in [5.41, 5.74) is 2.88. The first-order chi connectivity index (χ1) is 8.79. The van der Waals surface area contributed by atoms with Gasteiger partial charge in [0.25, 0.3) is 0 Å². The molecule has 1 heterocycles. The molecule has 1 aliphatic heterocycles. The van der Waals surface area contributed by atoms with Crippen molar-refractivity contribution in [3.8, 4) is 5.75 Å². The molecule has 3 heteroatoms. The van der Waals surface area contributed by atoms with Gasteiger partial charge in [0.2, 0.25) is 5.91 Å². The van der Waals surface area contributed by atoms with Gasteiger partial charge < -0.3 is 10.1 Å². The molecule has 0 saturated heterocycles. The smallest absolute Gasteiger partial charge is 0.236 e. The Labute approximate surface area is 105 Å². The van der Waals surface area contributed by atoms with Crippen molar-refractivity contribution in [1.82, 2.24) is 0 Å². The molecule has 1 amide bonds. The zero-order valence-electron chi connectivity index (χ0n) is 10.0. The average molecular weight is 239 g/mol. The van der Waals surface area contributed by atoms with Crippen molar-refractivity contribution in [2.75, 3.05) is 12.4 Å². The minimum Gasteiger partial charge on any atom is -0.497 e. The van der Waals surface area contributed by atoms with Gasteiger partial charge in [-0.25, -0.2) is 0 Å². The van der Waals surface area contributed by atoms with Crippen LogP contribution in [0.25, 0.3) is 0 Å². The Morgan fingerprint density at radius 2 is 1.94 bits per heavy atom. The Balaban J connectivity index is 2.08. The van der Waals surface area contributed by atoms with Crippen LogP contribution in [0.5, 0.6) is 5.75 Å². The second kappa shape index (κ2) is 4.18. The lowest BCUT2D eigenvalue weighted by molar-refractivity contribution is -0.116. The average Bonchev–Trinajstić information content (AvgIpc) is 2.74. The van der Waals surface area contributed by atoms with Gasteiger partial charge in [0.15, 0.2) is 0 Å². The quantitative estimate of drug-likeness (QED) is 0.875. The van der Waals surface area contributed by atoms with E-state index in [9.17, 15) is 4.79 Å². The molecule has 0 aliphatic carbocycles. The molecule has 18 heavy (non-hydrogen) atoms. The van der Waals surface area contributed by atoms with Gasteiger partial charge in [0.1, 0.15) is 5.75 Å². The second-order valence-corrected chi connectivity index (χ2v) is 4.29. The normalized spacial score (nSPS) is 17.2. The number of hydrogen-bond donors (Lipinski definition) is 1. The lowest BCUT2D eigenvalue weighted by Crippen LogP contribution is -2.13. The van der Waals surface area contributed by atoms with Crippen LogP contribution in [0.3, 0.4) is 0 Å². The lowest BCUT2D eigenvalue weighted by Gasteiger charge is -2.10. The number of para-hydroxylation sites is 1. The largest absolute Gasteiger partial charge is 0.497 e. The minimum atomic E-state index is -0.240. The molecular formula is C15H13NO2. The molecule has 0 radical (unpaired) electrons. The van der Waals surface area contributed by atoms with Crippen molar-refractivity contribution in [1.29, 1.82) is 0 Å². The maximum absolute atomic E-state index is 12.1. The molecule has 2 aromatic rings. The number of anilines is 1. The number of fused-ring (bicyclic) bond motifs is 1. The van der Waals surface area contributed by atoms with E-state index in [0.29, 0.717) is 0 Å². The Hall–Kier alpha value is -2.29. The zero-order valence-corrected chi connectivity index (χ0v) is 10.0. The summed E-state index contributed by atoms with van der Waals surface area (Å²) in [4.78, 5) is 12.1. The third-order valence-electron chi connectivity index (χ3n) is 3.22. The Kier molecular flexibility index (Phi) is 2.52. The molecular weight excluding hydrogens is 226 g/mol. The van der Waals surface area contributed by atoms with Gasteiger partial charge in [-0.05, 0) is 29.3 Å². The molecule has 3 rings (SSSR count). The maximum atomic E-state index is 12.1. The van der Waals surface area contributed by atoms with Crippen LogP contribution < -0.4 is 10.1 Å². The van der Waals surface area contributed by atoms with Crippen LogP contribution in [0.2, 0.25) is 0 Å². The van der Waals surface area contributed by atoms with E-state index in [4.69, 9.17) is 4.74 Å². The van der Waals surface area contributed by atoms with E-state index in [1.165, 1.54) is 0 Å². The Morgan fingerprint density at radius 3 is 2.78 bits per heavy atom. The topological polar surface area (TPSA) is 38.3 Å². The third-order valence-corrected chi connectivity index (χ3v) is 3.22. The van der Waals surface area contributed by atoms with Crippen LogP contribution in [0.1, 0.15) is 17.0 Å². The van der Waals surface area contributed by atoms with Gasteiger partial charge in [0.05, 0.1) is 13.0 Å². The van der Waals surface area contributed by atoms with E-state index in [1.54, 1.807) is 7.11 Å². The molecule has 0 aromatic heterocycles. The Bertz CT molecular complexity index is 607. The summed E-state index contributed by atoms with van der Waals surface area (Å²) >= 11 is 0. The number of carbonyl (C=O) groups excluding carboxylic acids is 1. The number of methoxy groups -OCH3 is 1. The van der Waals surface area contributed by atoms with E-state index >= 15 is 0 Å². The summed E-state index contributed by atoms with van der Waals surface area (Å²) < 4.78 is 5.21. The zero-order chi connectivity index (χ0) is 12.5. The highest BCUT2D eigenvalue weighted by atomic mass is 16.5. The van der Waals surface area contributed by atoms with Gasteiger partial charge in [-0.15, -0.1) is 0 Å². The molecule has 1 atom stereocenters. The molecule has 1 aliphatic rings. The van der Waals surface area contributed by atoms with Crippen molar-refractivity contribution in [2.45, 2.75) is 5.92 Å². The fourth-order valence-corrected chi connectivity index (χ4v) is 2.36. The minimum absolute atomic E-state index is 0.0180. The number of ether oxygens (including phenoxy) is 1. The number of nitrogens with one attached hydrogen (secondary N) is 1. The maximum Gasteiger partial charge on any atom is 0.236 e. The predicted molar refractivity (Wildman–Crippen MR) is 69.9 cm³/mol. The highest BCUT2D eigenvalue weighted by Gasteiger charge is 2.31. The molecule has 1 N–H and O–H groups in total. The van der Waals surface area contributed by atoms with Crippen LogP contribution in [-0.2, 0) is 4.79 Å². The first kappa shape index (κ1) is 10.8. The van der Waals surface area contributed by atoms with Gasteiger partial charge in [0, 0.05) is 5.69 Å². The first-order valence-electron chi connectivity index (χ1n) is 5.83. The highest BCUT2D eigenvalue weighted by molar-refractivity contribution is 6.05. The van der Waals surface area contributed by atoms with E-state index in [1.807, 2.05) is 48.5 Å². The van der Waals surface area contributed by atoms with Crippen LogP contribution >= 0.6 is 0 Å². The number of hydrogen-bond acceptors (Lipinski definition) is 2. The van der Waals surface area contributed by atoms with Gasteiger partial charge in [-0.3, -0.25) is 4.79 Å². The van der Waals surface area contributed by atoms with E-state index < -0.39 is 0 Å². The van der Waals surface area contributed by atoms with Gasteiger partial charge >= 0.3 is 0 Å². The van der Waals surface area contributed by atoms with E-state index in [2.05, 4.69) is 5.32 Å². The SMILES string of the molecule is COc1cccc(C2C(=O)Nc3ccccc32)c1. The van der Waals surface area contributed by atoms with Gasteiger partial charge in [-0.2, -0.15) is 0 Å². The van der Waals surface area contributed by atoms with Crippen LogP contribution in [0.15, 0.2) is 48.5 Å². The van der Waals surface area contributed by atoms with Crippen molar-refractivity contribution < 1.29 is 9.53 Å². The molecule has 0 bridgehead atoms. The van der Waals surface area contributed by atoms with Gasteiger partial charge in [-0.1, -0.05) is 30.3 Å². The fourth-order valence-electron chi connectivity index (χ4n) is 2.36. The molecule has 90 valence electrons. The van der Waals surface area contributed by atoms with E-state index in [0.717, 1.165) is 22.6 Å². The fraction of sp³-hybridized carbons (Fsp3) is 0.133. The molecule has 3 nitrogen and oxygen atoms in total. The van der Waals surface area contributed by atoms with Crippen LogP contribution in [-0.4, -0.2) is 13.0 Å². The predicted octanol–water partition coefficient (Wildman–Crippen LogP) is 2.78.